The number of hydrogen-bond acceptors (Lipinski definition) is 5. The van der Waals surface area contributed by atoms with Crippen LogP contribution in [0.2, 0.25) is 0 Å². The number of piperazine rings is 1. The Morgan fingerprint density at radius 1 is 1.00 bits per heavy atom. The zero-order valence-corrected chi connectivity index (χ0v) is 16.3. The molecule has 1 saturated heterocycles. The Hall–Kier alpha value is -2.92. The summed E-state index contributed by atoms with van der Waals surface area (Å²) in [6, 6.07) is 11.1. The first kappa shape index (κ1) is 20.8. The lowest BCUT2D eigenvalue weighted by atomic mass is 10.1. The second-order valence-corrected chi connectivity index (χ2v) is 6.78. The molecule has 2 aromatic carbocycles. The highest BCUT2D eigenvalue weighted by Gasteiger charge is 2.36. The highest BCUT2D eigenvalue weighted by atomic mass is 19.4. The van der Waals surface area contributed by atoms with Gasteiger partial charge in [-0.25, -0.2) is 0 Å². The summed E-state index contributed by atoms with van der Waals surface area (Å²) in [5.41, 5.74) is 0.328. The van der Waals surface area contributed by atoms with Crippen molar-refractivity contribution >= 4 is 5.69 Å². The van der Waals surface area contributed by atoms with Crippen LogP contribution in [0.4, 0.5) is 18.9 Å². The first-order valence-corrected chi connectivity index (χ1v) is 9.15. The fraction of sp³-hybridized carbons (Fsp3) is 0.381. The van der Waals surface area contributed by atoms with E-state index in [1.165, 1.54) is 12.1 Å². The molecule has 1 fully saturated rings. The van der Waals surface area contributed by atoms with Crippen LogP contribution in [0.25, 0.3) is 0 Å². The number of hydrogen-bond donors (Lipinski definition) is 0. The molecule has 2 aromatic rings. The fourth-order valence-electron chi connectivity index (χ4n) is 3.50. The molecule has 1 aliphatic heterocycles. The molecule has 0 aliphatic carbocycles. The molecule has 0 bridgehead atoms. The van der Waals surface area contributed by atoms with Crippen LogP contribution in [0.3, 0.4) is 0 Å². The number of anilines is 1. The predicted molar refractivity (Wildman–Crippen MR) is 103 cm³/mol. The molecule has 154 valence electrons. The Morgan fingerprint density at radius 2 is 1.72 bits per heavy atom. The van der Waals surface area contributed by atoms with Crippen LogP contribution in [0, 0.1) is 11.3 Å². The van der Waals surface area contributed by atoms with Gasteiger partial charge in [-0.15, -0.1) is 0 Å². The van der Waals surface area contributed by atoms with Crippen molar-refractivity contribution in [3.8, 4) is 17.6 Å². The van der Waals surface area contributed by atoms with Gasteiger partial charge in [-0.3, -0.25) is 4.90 Å². The van der Waals surface area contributed by atoms with Crippen LogP contribution in [-0.2, 0) is 12.7 Å². The normalized spacial score (nSPS) is 15.1. The molecule has 0 N–H and O–H groups in total. The predicted octanol–water partition coefficient (Wildman–Crippen LogP) is 3.92. The molecule has 1 heterocycles. The molecule has 0 aromatic heterocycles. The molecule has 0 atom stereocenters. The zero-order chi connectivity index (χ0) is 21.0. The summed E-state index contributed by atoms with van der Waals surface area (Å²) in [5.74, 6) is 1.48. The van der Waals surface area contributed by atoms with Crippen molar-refractivity contribution in [3.63, 3.8) is 0 Å². The van der Waals surface area contributed by atoms with Gasteiger partial charge in [0.2, 0.25) is 0 Å². The van der Waals surface area contributed by atoms with E-state index in [1.54, 1.807) is 25.2 Å². The van der Waals surface area contributed by atoms with Gasteiger partial charge in [-0.05, 0) is 36.4 Å². The Bertz CT molecular complexity index is 901. The number of halogens is 3. The van der Waals surface area contributed by atoms with Crippen LogP contribution in [0.1, 0.15) is 16.7 Å². The summed E-state index contributed by atoms with van der Waals surface area (Å²) >= 11 is 0. The summed E-state index contributed by atoms with van der Waals surface area (Å²) in [7, 11) is 3.20. The van der Waals surface area contributed by atoms with Crippen molar-refractivity contribution < 1.29 is 22.6 Å². The quantitative estimate of drug-likeness (QED) is 0.755. The van der Waals surface area contributed by atoms with Crippen molar-refractivity contribution in [3.05, 3.63) is 53.1 Å². The van der Waals surface area contributed by atoms with E-state index >= 15 is 0 Å². The van der Waals surface area contributed by atoms with Gasteiger partial charge in [0, 0.05) is 44.0 Å². The second-order valence-electron chi connectivity index (χ2n) is 6.78. The van der Waals surface area contributed by atoms with Gasteiger partial charge in [0.15, 0.2) is 0 Å². The maximum atomic E-state index is 13.5. The number of alkyl halides is 3. The zero-order valence-electron chi connectivity index (χ0n) is 16.3. The van der Waals surface area contributed by atoms with Gasteiger partial charge < -0.3 is 14.4 Å². The first-order chi connectivity index (χ1) is 13.9. The Morgan fingerprint density at radius 3 is 2.31 bits per heavy atom. The van der Waals surface area contributed by atoms with Crippen molar-refractivity contribution in [1.82, 2.24) is 4.90 Å². The Labute approximate surface area is 167 Å². The summed E-state index contributed by atoms with van der Waals surface area (Å²) in [6.07, 6.45) is -4.51. The van der Waals surface area contributed by atoms with E-state index in [2.05, 4.69) is 4.90 Å². The van der Waals surface area contributed by atoms with Crippen LogP contribution in [0.5, 0.6) is 11.5 Å². The third-order valence-corrected chi connectivity index (χ3v) is 5.03. The SMILES string of the molecule is COc1ccc(OC)c(CN2CCN(c3ccc(C#N)cc3C(F)(F)F)CC2)c1. The van der Waals surface area contributed by atoms with Crippen LogP contribution in [0.15, 0.2) is 36.4 Å². The number of rotatable bonds is 5. The van der Waals surface area contributed by atoms with E-state index in [9.17, 15) is 13.2 Å². The molecule has 3 rings (SSSR count). The Balaban J connectivity index is 1.73. The number of nitriles is 1. The lowest BCUT2D eigenvalue weighted by Crippen LogP contribution is -2.46. The molecular formula is C21H22F3N3O2. The number of nitrogens with zero attached hydrogens (tertiary/aromatic N) is 3. The molecular weight excluding hydrogens is 383 g/mol. The lowest BCUT2D eigenvalue weighted by Gasteiger charge is -2.37. The minimum atomic E-state index is -4.51. The van der Waals surface area contributed by atoms with Crippen molar-refractivity contribution in [1.29, 1.82) is 5.26 Å². The summed E-state index contributed by atoms with van der Waals surface area (Å²) in [5, 5.41) is 8.93. The number of ether oxygens (including phenoxy) is 2. The molecule has 0 radical (unpaired) electrons. The van der Waals surface area contributed by atoms with Gasteiger partial charge in [0.25, 0.3) is 0 Å². The summed E-state index contributed by atoms with van der Waals surface area (Å²) in [6.45, 7) is 2.76. The maximum Gasteiger partial charge on any atom is 0.418 e. The Kier molecular flexibility index (Phi) is 6.18. The molecule has 0 saturated carbocycles. The van der Waals surface area contributed by atoms with Gasteiger partial charge in [0.1, 0.15) is 11.5 Å². The molecule has 29 heavy (non-hydrogen) atoms. The molecule has 5 nitrogen and oxygen atoms in total. The molecule has 0 unspecified atom stereocenters. The van der Waals surface area contributed by atoms with E-state index < -0.39 is 11.7 Å². The largest absolute Gasteiger partial charge is 0.497 e. The highest BCUT2D eigenvalue weighted by Crippen LogP contribution is 2.37. The third-order valence-electron chi connectivity index (χ3n) is 5.03. The van der Waals surface area contributed by atoms with Gasteiger partial charge in [-0.2, -0.15) is 18.4 Å². The lowest BCUT2D eigenvalue weighted by molar-refractivity contribution is -0.137. The van der Waals surface area contributed by atoms with E-state index in [0.717, 1.165) is 23.1 Å². The van der Waals surface area contributed by atoms with Crippen molar-refractivity contribution in [2.24, 2.45) is 0 Å². The van der Waals surface area contributed by atoms with E-state index in [-0.39, 0.29) is 11.3 Å². The van der Waals surface area contributed by atoms with E-state index in [0.29, 0.717) is 32.7 Å². The van der Waals surface area contributed by atoms with Gasteiger partial charge in [0.05, 0.1) is 31.4 Å². The monoisotopic (exact) mass is 405 g/mol. The van der Waals surface area contributed by atoms with Crippen molar-refractivity contribution in [2.45, 2.75) is 12.7 Å². The van der Waals surface area contributed by atoms with Crippen LogP contribution < -0.4 is 14.4 Å². The van der Waals surface area contributed by atoms with E-state index in [1.807, 2.05) is 18.2 Å². The van der Waals surface area contributed by atoms with E-state index in [4.69, 9.17) is 14.7 Å². The smallest absolute Gasteiger partial charge is 0.418 e. The molecule has 0 spiro atoms. The minimum Gasteiger partial charge on any atom is -0.497 e. The average molecular weight is 405 g/mol. The summed E-state index contributed by atoms with van der Waals surface area (Å²) < 4.78 is 51.1. The average Bonchev–Trinajstić information content (AvgIpc) is 2.73. The molecule has 0 amide bonds. The first-order valence-electron chi connectivity index (χ1n) is 9.15. The topological polar surface area (TPSA) is 48.7 Å². The van der Waals surface area contributed by atoms with Gasteiger partial charge in [-0.1, -0.05) is 0 Å². The van der Waals surface area contributed by atoms with Gasteiger partial charge >= 0.3 is 6.18 Å². The second kappa shape index (κ2) is 8.62. The minimum absolute atomic E-state index is 0.00447. The standard InChI is InChI=1S/C21H22F3N3O2/c1-28-17-4-6-20(29-2)16(12-17)14-26-7-9-27(10-8-26)19-5-3-15(13-25)11-18(19)21(22,23)24/h3-6,11-12H,7-10,14H2,1-2H3. The maximum absolute atomic E-state index is 13.5. The number of methoxy groups -OCH3 is 2. The summed E-state index contributed by atoms with van der Waals surface area (Å²) in [4.78, 5) is 3.90. The fourth-order valence-corrected chi connectivity index (χ4v) is 3.50. The highest BCUT2D eigenvalue weighted by molar-refractivity contribution is 5.58. The third kappa shape index (κ3) is 4.74. The molecule has 8 heteroatoms. The molecule has 1 aliphatic rings. The number of benzene rings is 2. The van der Waals surface area contributed by atoms with Crippen molar-refractivity contribution in [2.75, 3.05) is 45.3 Å². The van der Waals surface area contributed by atoms with Crippen LogP contribution in [-0.4, -0.2) is 45.3 Å². The van der Waals surface area contributed by atoms with Crippen LogP contribution >= 0.6 is 0 Å².